The highest BCUT2D eigenvalue weighted by Gasteiger charge is 2.36. The minimum atomic E-state index is -0.430. The number of carbonyl (C=O) groups excluding carboxylic acids is 1. The van der Waals surface area contributed by atoms with Crippen LogP contribution in [0, 0.1) is 15.5 Å². The Morgan fingerprint density at radius 1 is 1.52 bits per heavy atom. The Morgan fingerprint density at radius 3 is 2.81 bits per heavy atom. The maximum Gasteiger partial charge on any atom is 0.269 e. The largest absolute Gasteiger partial charge is 0.349 e. The number of amides is 1. The van der Waals surface area contributed by atoms with E-state index < -0.39 is 10.3 Å². The third kappa shape index (κ3) is 3.92. The molecule has 1 aliphatic heterocycles. The Hall–Kier alpha value is -1.66. The molecule has 0 radical (unpaired) electrons. The first kappa shape index (κ1) is 17.4. The fraction of sp³-hybridized carbons (Fsp3) is 0.500. The zero-order valence-corrected chi connectivity index (χ0v) is 12.9. The quantitative estimate of drug-likeness (QED) is 0.659. The summed E-state index contributed by atoms with van der Waals surface area (Å²) >= 11 is 0. The van der Waals surface area contributed by atoms with E-state index in [-0.39, 0.29) is 30.0 Å². The summed E-state index contributed by atoms with van der Waals surface area (Å²) in [6.07, 6.45) is 0.806. The van der Waals surface area contributed by atoms with Gasteiger partial charge in [-0.2, -0.15) is 0 Å². The average molecular weight is 314 g/mol. The molecule has 1 heterocycles. The summed E-state index contributed by atoms with van der Waals surface area (Å²) in [4.78, 5) is 22.6. The number of halogens is 1. The first-order chi connectivity index (χ1) is 9.42. The summed E-state index contributed by atoms with van der Waals surface area (Å²) in [5, 5.41) is 16.9. The third-order valence-corrected chi connectivity index (χ3v) is 3.85. The molecule has 1 fully saturated rings. The Morgan fingerprint density at radius 2 is 2.24 bits per heavy atom. The maximum absolute atomic E-state index is 12.3. The van der Waals surface area contributed by atoms with E-state index in [1.807, 2.05) is 13.8 Å². The monoisotopic (exact) mass is 313 g/mol. The number of nitro benzene ring substituents is 1. The lowest BCUT2D eigenvalue weighted by Gasteiger charge is -2.24. The van der Waals surface area contributed by atoms with E-state index in [9.17, 15) is 14.9 Å². The van der Waals surface area contributed by atoms with Gasteiger partial charge in [0, 0.05) is 18.7 Å². The summed E-state index contributed by atoms with van der Waals surface area (Å²) < 4.78 is 0. The SMILES string of the molecule is CC(NC(=O)C1(C)CCNC1)c1cccc([N+](=O)[O-])c1.Cl. The highest BCUT2D eigenvalue weighted by molar-refractivity contribution is 5.85. The molecule has 0 saturated carbocycles. The molecule has 2 N–H and O–H groups in total. The number of hydrogen-bond acceptors (Lipinski definition) is 4. The zero-order chi connectivity index (χ0) is 14.8. The predicted molar refractivity (Wildman–Crippen MR) is 82.5 cm³/mol. The van der Waals surface area contributed by atoms with Crippen LogP contribution in [0.4, 0.5) is 5.69 Å². The van der Waals surface area contributed by atoms with Crippen LogP contribution in [0.15, 0.2) is 24.3 Å². The molecule has 1 aromatic carbocycles. The molecular formula is C14H20ClN3O3. The molecule has 0 spiro atoms. The van der Waals surface area contributed by atoms with Crippen LogP contribution in [0.2, 0.25) is 0 Å². The van der Waals surface area contributed by atoms with Crippen molar-refractivity contribution in [2.24, 2.45) is 5.41 Å². The van der Waals surface area contributed by atoms with Gasteiger partial charge in [0.2, 0.25) is 5.91 Å². The van der Waals surface area contributed by atoms with Gasteiger partial charge in [-0.25, -0.2) is 0 Å². The standard InChI is InChI=1S/C14H19N3O3.ClH/c1-10(11-4-3-5-12(8-11)17(19)20)16-13(18)14(2)6-7-15-9-14;/h3-5,8,10,15H,6-7,9H2,1-2H3,(H,16,18);1H. The second kappa shape index (κ2) is 6.87. The van der Waals surface area contributed by atoms with Gasteiger partial charge in [-0.05, 0) is 32.4 Å². The Bertz CT molecular complexity index is 530. The van der Waals surface area contributed by atoms with Gasteiger partial charge in [0.25, 0.3) is 5.69 Å². The summed E-state index contributed by atoms with van der Waals surface area (Å²) in [7, 11) is 0. The predicted octanol–water partition coefficient (Wildman–Crippen LogP) is 2.19. The third-order valence-electron chi connectivity index (χ3n) is 3.85. The van der Waals surface area contributed by atoms with E-state index in [0.717, 1.165) is 18.5 Å². The van der Waals surface area contributed by atoms with Crippen LogP contribution >= 0.6 is 12.4 Å². The van der Waals surface area contributed by atoms with E-state index in [2.05, 4.69) is 10.6 Å². The van der Waals surface area contributed by atoms with E-state index in [1.54, 1.807) is 12.1 Å². The van der Waals surface area contributed by atoms with Gasteiger partial charge >= 0.3 is 0 Å². The molecule has 1 saturated heterocycles. The second-order valence-electron chi connectivity index (χ2n) is 5.53. The van der Waals surface area contributed by atoms with Gasteiger partial charge in [0.15, 0.2) is 0 Å². The molecule has 0 aliphatic carbocycles. The topological polar surface area (TPSA) is 84.3 Å². The molecule has 116 valence electrons. The van der Waals surface area contributed by atoms with Gasteiger partial charge in [0.1, 0.15) is 0 Å². The van der Waals surface area contributed by atoms with E-state index >= 15 is 0 Å². The lowest BCUT2D eigenvalue weighted by atomic mass is 9.88. The van der Waals surface area contributed by atoms with E-state index in [4.69, 9.17) is 0 Å². The van der Waals surface area contributed by atoms with Crippen molar-refractivity contribution in [2.45, 2.75) is 26.3 Å². The number of nitro groups is 1. The van der Waals surface area contributed by atoms with Crippen molar-refractivity contribution in [1.82, 2.24) is 10.6 Å². The van der Waals surface area contributed by atoms with E-state index in [0.29, 0.717) is 6.54 Å². The lowest BCUT2D eigenvalue weighted by molar-refractivity contribution is -0.384. The van der Waals surface area contributed by atoms with Gasteiger partial charge in [0.05, 0.1) is 16.4 Å². The van der Waals surface area contributed by atoms with Crippen molar-refractivity contribution >= 4 is 24.0 Å². The normalized spacial score (nSPS) is 22.2. The van der Waals surface area contributed by atoms with E-state index in [1.165, 1.54) is 12.1 Å². The van der Waals surface area contributed by atoms with Crippen molar-refractivity contribution < 1.29 is 9.72 Å². The Labute approximate surface area is 129 Å². The maximum atomic E-state index is 12.3. The first-order valence-electron chi connectivity index (χ1n) is 6.68. The number of hydrogen-bond donors (Lipinski definition) is 2. The number of nitrogens with one attached hydrogen (secondary N) is 2. The molecule has 0 aromatic heterocycles. The number of carbonyl (C=O) groups is 1. The molecule has 2 unspecified atom stereocenters. The molecule has 1 aliphatic rings. The summed E-state index contributed by atoms with van der Waals surface area (Å²) in [5.41, 5.74) is 0.383. The molecule has 2 rings (SSSR count). The van der Waals surface area contributed by atoms with Crippen molar-refractivity contribution in [1.29, 1.82) is 0 Å². The summed E-state index contributed by atoms with van der Waals surface area (Å²) in [5.74, 6) is -0.0125. The fourth-order valence-electron chi connectivity index (χ4n) is 2.37. The van der Waals surface area contributed by atoms with Gasteiger partial charge in [-0.15, -0.1) is 12.4 Å². The van der Waals surface area contributed by atoms with Gasteiger partial charge in [-0.1, -0.05) is 12.1 Å². The van der Waals surface area contributed by atoms with Crippen LogP contribution in [-0.2, 0) is 4.79 Å². The Kier molecular flexibility index (Phi) is 5.69. The Balaban J connectivity index is 0.00000220. The highest BCUT2D eigenvalue weighted by atomic mass is 35.5. The minimum absolute atomic E-state index is 0. The van der Waals surface area contributed by atoms with Crippen molar-refractivity contribution in [3.8, 4) is 0 Å². The molecule has 2 atom stereocenters. The number of rotatable bonds is 4. The van der Waals surface area contributed by atoms with Crippen LogP contribution in [0.3, 0.4) is 0 Å². The summed E-state index contributed by atoms with van der Waals surface area (Å²) in [6.45, 7) is 5.28. The average Bonchev–Trinajstić information content (AvgIpc) is 2.87. The van der Waals surface area contributed by atoms with Crippen LogP contribution in [0.25, 0.3) is 0 Å². The van der Waals surface area contributed by atoms with Crippen molar-refractivity contribution in [3.63, 3.8) is 0 Å². The molecule has 0 bridgehead atoms. The zero-order valence-electron chi connectivity index (χ0n) is 12.1. The highest BCUT2D eigenvalue weighted by Crippen LogP contribution is 2.26. The lowest BCUT2D eigenvalue weighted by Crippen LogP contribution is -2.41. The fourth-order valence-corrected chi connectivity index (χ4v) is 2.37. The minimum Gasteiger partial charge on any atom is -0.349 e. The first-order valence-corrected chi connectivity index (χ1v) is 6.68. The second-order valence-corrected chi connectivity index (χ2v) is 5.53. The van der Waals surface area contributed by atoms with Crippen molar-refractivity contribution in [2.75, 3.05) is 13.1 Å². The van der Waals surface area contributed by atoms with Crippen LogP contribution in [0.5, 0.6) is 0 Å². The molecular weight excluding hydrogens is 294 g/mol. The van der Waals surface area contributed by atoms with Crippen LogP contribution in [0.1, 0.15) is 31.9 Å². The van der Waals surface area contributed by atoms with Crippen LogP contribution in [-0.4, -0.2) is 23.9 Å². The molecule has 1 aromatic rings. The van der Waals surface area contributed by atoms with Gasteiger partial charge in [-0.3, -0.25) is 14.9 Å². The molecule has 7 heteroatoms. The molecule has 6 nitrogen and oxygen atoms in total. The molecule has 21 heavy (non-hydrogen) atoms. The number of nitrogens with zero attached hydrogens (tertiary/aromatic N) is 1. The molecule has 1 amide bonds. The number of benzene rings is 1. The van der Waals surface area contributed by atoms with Crippen molar-refractivity contribution in [3.05, 3.63) is 39.9 Å². The van der Waals surface area contributed by atoms with Gasteiger partial charge < -0.3 is 10.6 Å². The summed E-state index contributed by atoms with van der Waals surface area (Å²) in [6, 6.07) is 6.11. The van der Waals surface area contributed by atoms with Crippen LogP contribution < -0.4 is 10.6 Å². The smallest absolute Gasteiger partial charge is 0.269 e. The number of non-ortho nitro benzene ring substituents is 1.